The number of aromatic nitrogens is 1. The zero-order valence-electron chi connectivity index (χ0n) is 12.7. The molecule has 25 heavy (non-hydrogen) atoms. The highest BCUT2D eigenvalue weighted by Gasteiger charge is 2.31. The maximum Gasteiger partial charge on any atom is 0.417 e. The molecule has 2 heterocycles. The van der Waals surface area contributed by atoms with Gasteiger partial charge in [-0.15, -0.1) is 11.3 Å². The van der Waals surface area contributed by atoms with Crippen molar-refractivity contribution in [1.29, 1.82) is 0 Å². The van der Waals surface area contributed by atoms with Gasteiger partial charge < -0.3 is 5.32 Å². The van der Waals surface area contributed by atoms with E-state index in [0.717, 1.165) is 34.2 Å². The highest BCUT2D eigenvalue weighted by molar-refractivity contribution is 7.18. The first kappa shape index (κ1) is 17.2. The summed E-state index contributed by atoms with van der Waals surface area (Å²) in [5.41, 5.74) is -0.995. The molecule has 0 bridgehead atoms. The van der Waals surface area contributed by atoms with Crippen molar-refractivity contribution in [3.63, 3.8) is 0 Å². The highest BCUT2D eigenvalue weighted by atomic mass is 32.1. The summed E-state index contributed by atoms with van der Waals surface area (Å²) in [7, 11) is 0. The van der Waals surface area contributed by atoms with Gasteiger partial charge in [-0.05, 0) is 24.3 Å². The summed E-state index contributed by atoms with van der Waals surface area (Å²) >= 11 is 1.11. The first-order chi connectivity index (χ1) is 11.8. The van der Waals surface area contributed by atoms with Gasteiger partial charge in [-0.3, -0.25) is 9.36 Å². The summed E-state index contributed by atoms with van der Waals surface area (Å²) in [6.45, 7) is 0.226. The number of nitrogens with zero attached hydrogens (tertiary/aromatic N) is 1. The van der Waals surface area contributed by atoms with Crippen molar-refractivity contribution in [2.75, 3.05) is 5.32 Å². The number of rotatable bonds is 4. The monoisotopic (exact) mass is 368 g/mol. The molecule has 3 aromatic rings. The lowest BCUT2D eigenvalue weighted by Gasteiger charge is -2.09. The number of alkyl halides is 3. The van der Waals surface area contributed by atoms with Crippen LogP contribution >= 0.6 is 11.3 Å². The van der Waals surface area contributed by atoms with Crippen LogP contribution in [0.4, 0.5) is 22.6 Å². The van der Waals surface area contributed by atoms with Crippen LogP contribution in [0.15, 0.2) is 59.5 Å². The van der Waals surface area contributed by atoms with Crippen LogP contribution in [0, 0.1) is 5.82 Å². The minimum atomic E-state index is -4.53. The summed E-state index contributed by atoms with van der Waals surface area (Å²) in [4.78, 5) is 11.9. The Hall–Kier alpha value is -2.61. The van der Waals surface area contributed by atoms with E-state index < -0.39 is 17.3 Å². The normalized spacial score (nSPS) is 11.5. The predicted molar refractivity (Wildman–Crippen MR) is 88.6 cm³/mol. The molecule has 0 saturated heterocycles. The van der Waals surface area contributed by atoms with E-state index in [1.807, 2.05) is 0 Å². The second-order valence-corrected chi connectivity index (χ2v) is 6.27. The molecular weight excluding hydrogens is 356 g/mol. The Morgan fingerprint density at radius 2 is 1.80 bits per heavy atom. The smallest absolute Gasteiger partial charge is 0.373 e. The third kappa shape index (κ3) is 3.90. The van der Waals surface area contributed by atoms with Crippen molar-refractivity contribution in [2.45, 2.75) is 12.7 Å². The van der Waals surface area contributed by atoms with Crippen LogP contribution in [0.25, 0.3) is 5.00 Å². The molecule has 0 fully saturated rings. The molecule has 2 aromatic heterocycles. The molecule has 0 radical (unpaired) electrons. The average molecular weight is 368 g/mol. The summed E-state index contributed by atoms with van der Waals surface area (Å²) in [5, 5.41) is 3.95. The van der Waals surface area contributed by atoms with Gasteiger partial charge in [0.05, 0.1) is 10.6 Å². The molecule has 1 N–H and O–H groups in total. The Morgan fingerprint density at radius 1 is 1.04 bits per heavy atom. The average Bonchev–Trinajstić information content (AvgIpc) is 3.02. The van der Waals surface area contributed by atoms with E-state index in [1.54, 1.807) is 24.3 Å². The van der Waals surface area contributed by atoms with E-state index in [9.17, 15) is 22.4 Å². The van der Waals surface area contributed by atoms with Crippen molar-refractivity contribution in [2.24, 2.45) is 0 Å². The van der Waals surface area contributed by atoms with Crippen LogP contribution in [0.3, 0.4) is 0 Å². The molecule has 0 aliphatic rings. The first-order valence-corrected chi connectivity index (χ1v) is 8.03. The minimum absolute atomic E-state index is 0.226. The molecule has 0 saturated carbocycles. The largest absolute Gasteiger partial charge is 0.417 e. The van der Waals surface area contributed by atoms with E-state index in [4.69, 9.17) is 0 Å². The molecule has 0 aliphatic carbocycles. The number of hydrogen-bond donors (Lipinski definition) is 1. The maximum atomic E-state index is 13.6. The fourth-order valence-corrected chi connectivity index (χ4v) is 3.09. The lowest BCUT2D eigenvalue weighted by Crippen LogP contribution is -2.18. The van der Waals surface area contributed by atoms with Crippen molar-refractivity contribution in [3.05, 3.63) is 82.0 Å². The quantitative estimate of drug-likeness (QED) is 0.679. The fourth-order valence-electron chi connectivity index (χ4n) is 2.20. The number of thiophene rings is 1. The fraction of sp³-hybridized carbons (Fsp3) is 0.118. The molecule has 8 heteroatoms. The summed E-state index contributed by atoms with van der Waals surface area (Å²) in [6, 6.07) is 11.1. The van der Waals surface area contributed by atoms with Gasteiger partial charge in [-0.2, -0.15) is 13.2 Å². The van der Waals surface area contributed by atoms with Gasteiger partial charge in [-0.1, -0.05) is 18.2 Å². The van der Waals surface area contributed by atoms with Crippen LogP contribution < -0.4 is 10.9 Å². The highest BCUT2D eigenvalue weighted by Crippen LogP contribution is 2.30. The Kier molecular flexibility index (Phi) is 4.63. The maximum absolute atomic E-state index is 13.6. The minimum Gasteiger partial charge on any atom is -0.373 e. The molecule has 0 aliphatic heterocycles. The summed E-state index contributed by atoms with van der Waals surface area (Å²) in [5.74, 6) is -0.346. The van der Waals surface area contributed by atoms with Gasteiger partial charge in [0.2, 0.25) is 0 Å². The standard InChI is InChI=1S/C17H12F4N2OS/c18-13-4-2-1-3-11(13)9-22-14-6-8-16(25-14)23-10-12(17(19,20)21)5-7-15(23)24/h1-8,10,22H,9H2. The molecule has 3 nitrogen and oxygen atoms in total. The lowest BCUT2D eigenvalue weighted by molar-refractivity contribution is -0.138. The van der Waals surface area contributed by atoms with Crippen molar-refractivity contribution in [3.8, 4) is 5.00 Å². The van der Waals surface area contributed by atoms with E-state index in [-0.39, 0.29) is 12.4 Å². The van der Waals surface area contributed by atoms with E-state index in [2.05, 4.69) is 5.32 Å². The van der Waals surface area contributed by atoms with Crippen LogP contribution in [-0.2, 0) is 12.7 Å². The molecule has 0 atom stereocenters. The van der Waals surface area contributed by atoms with E-state index in [1.165, 1.54) is 12.1 Å². The molecule has 130 valence electrons. The van der Waals surface area contributed by atoms with Crippen LogP contribution in [-0.4, -0.2) is 4.57 Å². The Labute approximate surface area is 144 Å². The van der Waals surface area contributed by atoms with Gasteiger partial charge >= 0.3 is 6.18 Å². The Balaban J connectivity index is 1.82. The number of hydrogen-bond acceptors (Lipinski definition) is 3. The third-order valence-electron chi connectivity index (χ3n) is 3.48. The van der Waals surface area contributed by atoms with Crippen molar-refractivity contribution >= 4 is 16.3 Å². The molecular formula is C17H12F4N2OS. The molecule has 1 aromatic carbocycles. The molecule has 3 rings (SSSR count). The number of nitrogens with one attached hydrogen (secondary N) is 1. The van der Waals surface area contributed by atoms with Gasteiger partial charge in [-0.25, -0.2) is 4.39 Å². The van der Waals surface area contributed by atoms with Crippen LogP contribution in [0.2, 0.25) is 0 Å². The lowest BCUT2D eigenvalue weighted by atomic mass is 10.2. The molecule has 0 amide bonds. The van der Waals surface area contributed by atoms with Gasteiger partial charge in [0.1, 0.15) is 10.8 Å². The number of benzene rings is 1. The first-order valence-electron chi connectivity index (χ1n) is 7.22. The zero-order valence-corrected chi connectivity index (χ0v) is 13.5. The van der Waals surface area contributed by atoms with Crippen LogP contribution in [0.1, 0.15) is 11.1 Å². The Morgan fingerprint density at radius 3 is 2.52 bits per heavy atom. The predicted octanol–water partition coefficient (Wildman–Crippen LogP) is 4.67. The van der Waals surface area contributed by atoms with Crippen LogP contribution in [0.5, 0.6) is 0 Å². The SMILES string of the molecule is O=c1ccc(C(F)(F)F)cn1-c1ccc(NCc2ccccc2F)s1. The van der Waals surface area contributed by atoms with E-state index in [0.29, 0.717) is 15.6 Å². The summed E-state index contributed by atoms with van der Waals surface area (Å²) in [6.07, 6.45) is -3.76. The zero-order chi connectivity index (χ0) is 18.0. The van der Waals surface area contributed by atoms with Crippen molar-refractivity contribution < 1.29 is 17.6 Å². The van der Waals surface area contributed by atoms with Crippen molar-refractivity contribution in [1.82, 2.24) is 4.57 Å². The van der Waals surface area contributed by atoms with E-state index >= 15 is 0 Å². The van der Waals surface area contributed by atoms with Gasteiger partial charge in [0.15, 0.2) is 0 Å². The molecule has 0 unspecified atom stereocenters. The van der Waals surface area contributed by atoms with Gasteiger partial charge in [0, 0.05) is 24.4 Å². The second kappa shape index (κ2) is 6.72. The number of halogens is 4. The third-order valence-corrected chi connectivity index (χ3v) is 4.52. The topological polar surface area (TPSA) is 34.0 Å². The number of anilines is 1. The van der Waals surface area contributed by atoms with Gasteiger partial charge in [0.25, 0.3) is 5.56 Å². The second-order valence-electron chi connectivity index (χ2n) is 5.21. The number of pyridine rings is 1. The Bertz CT molecular complexity index is 946. The summed E-state index contributed by atoms with van der Waals surface area (Å²) < 4.78 is 53.0. The molecule has 0 spiro atoms.